The molecule has 0 aromatic heterocycles. The van der Waals surface area contributed by atoms with Gasteiger partial charge < -0.3 is 4.74 Å². The number of esters is 1. The monoisotopic (exact) mass is 141 g/mol. The minimum atomic E-state index is -0.208. The smallest absolute Gasteiger partial charge is 0.330 e. The molecule has 0 unspecified atom stereocenters. The molecule has 3 nitrogen and oxygen atoms in total. The highest BCUT2D eigenvalue weighted by molar-refractivity contribution is 5.80. The highest BCUT2D eigenvalue weighted by Gasteiger charge is 2.19. The van der Waals surface area contributed by atoms with Gasteiger partial charge in [0.25, 0.3) is 0 Å². The lowest BCUT2D eigenvalue weighted by molar-refractivity contribution is -0.144. The van der Waals surface area contributed by atoms with Gasteiger partial charge in [0.2, 0.25) is 0 Å². The second kappa shape index (κ2) is 3.34. The summed E-state index contributed by atoms with van der Waals surface area (Å²) >= 11 is 0. The van der Waals surface area contributed by atoms with Gasteiger partial charge in [-0.05, 0) is 26.0 Å². The van der Waals surface area contributed by atoms with Gasteiger partial charge in [-0.2, -0.15) is 0 Å². The van der Waals surface area contributed by atoms with E-state index in [1.807, 2.05) is 0 Å². The predicted molar refractivity (Wildman–Crippen MR) is 38.1 cm³/mol. The molecule has 0 aromatic rings. The molecule has 0 amide bonds. The third-order valence-corrected chi connectivity index (χ3v) is 1.41. The van der Waals surface area contributed by atoms with E-state index in [0.29, 0.717) is 6.61 Å². The number of rotatable bonds is 2. The molecule has 1 aliphatic heterocycles. The third kappa shape index (κ3) is 1.56. The maximum atomic E-state index is 10.9. The van der Waals surface area contributed by atoms with E-state index in [9.17, 15) is 4.79 Å². The van der Waals surface area contributed by atoms with Crippen molar-refractivity contribution >= 4 is 12.2 Å². The molecule has 0 aliphatic carbocycles. The zero-order chi connectivity index (χ0) is 7.40. The number of hydrogen-bond acceptors (Lipinski definition) is 3. The largest absolute Gasteiger partial charge is 0.464 e. The zero-order valence-corrected chi connectivity index (χ0v) is 6.04. The SMILES string of the molecule is CCOC(=O)[C@@H]1CCC=N1. The first-order valence-corrected chi connectivity index (χ1v) is 3.53. The quantitative estimate of drug-likeness (QED) is 0.533. The van der Waals surface area contributed by atoms with Crippen molar-refractivity contribution in [1.82, 2.24) is 0 Å². The standard InChI is InChI=1S/C7H11NO2/c1-2-10-7(9)6-4-3-5-8-6/h5-6H,2-4H2,1H3/t6-/m0/s1. The Hall–Kier alpha value is -0.860. The summed E-state index contributed by atoms with van der Waals surface area (Å²) < 4.78 is 4.77. The van der Waals surface area contributed by atoms with E-state index in [4.69, 9.17) is 4.74 Å². The molecule has 0 saturated heterocycles. The van der Waals surface area contributed by atoms with Crippen LogP contribution in [0.4, 0.5) is 0 Å². The Morgan fingerprint density at radius 1 is 1.90 bits per heavy atom. The Labute approximate surface area is 60.1 Å². The molecule has 3 heteroatoms. The Balaban J connectivity index is 2.33. The van der Waals surface area contributed by atoms with Crippen molar-refractivity contribution in [2.45, 2.75) is 25.8 Å². The topological polar surface area (TPSA) is 38.7 Å². The summed E-state index contributed by atoms with van der Waals surface area (Å²) in [6.07, 6.45) is 3.50. The van der Waals surface area contributed by atoms with E-state index in [1.165, 1.54) is 0 Å². The highest BCUT2D eigenvalue weighted by atomic mass is 16.5. The van der Waals surface area contributed by atoms with Crippen LogP contribution < -0.4 is 0 Å². The van der Waals surface area contributed by atoms with Gasteiger partial charge in [-0.1, -0.05) is 0 Å². The van der Waals surface area contributed by atoms with Crippen LogP contribution in [0.2, 0.25) is 0 Å². The van der Waals surface area contributed by atoms with Gasteiger partial charge in [0.05, 0.1) is 6.61 Å². The van der Waals surface area contributed by atoms with E-state index < -0.39 is 0 Å². The molecular formula is C7H11NO2. The van der Waals surface area contributed by atoms with Gasteiger partial charge in [0.1, 0.15) is 6.04 Å². The second-order valence-corrected chi connectivity index (χ2v) is 2.18. The molecule has 0 saturated carbocycles. The highest BCUT2D eigenvalue weighted by Crippen LogP contribution is 2.09. The van der Waals surface area contributed by atoms with Crippen molar-refractivity contribution in [2.24, 2.45) is 4.99 Å². The summed E-state index contributed by atoms with van der Waals surface area (Å²) in [5.74, 6) is -0.184. The average Bonchev–Trinajstić information content (AvgIpc) is 2.38. The van der Waals surface area contributed by atoms with E-state index in [1.54, 1.807) is 13.1 Å². The molecular weight excluding hydrogens is 130 g/mol. The lowest BCUT2D eigenvalue weighted by Gasteiger charge is -2.04. The summed E-state index contributed by atoms with van der Waals surface area (Å²) in [4.78, 5) is 14.9. The van der Waals surface area contributed by atoms with Gasteiger partial charge in [-0.15, -0.1) is 0 Å². The van der Waals surface area contributed by atoms with Crippen LogP contribution in [0.5, 0.6) is 0 Å². The first-order chi connectivity index (χ1) is 4.84. The van der Waals surface area contributed by atoms with E-state index >= 15 is 0 Å². The van der Waals surface area contributed by atoms with Gasteiger partial charge in [-0.3, -0.25) is 4.99 Å². The summed E-state index contributed by atoms with van der Waals surface area (Å²) in [5, 5.41) is 0. The molecule has 1 heterocycles. The minimum Gasteiger partial charge on any atom is -0.464 e. The summed E-state index contributed by atoms with van der Waals surface area (Å²) in [7, 11) is 0. The minimum absolute atomic E-state index is 0.184. The van der Waals surface area contributed by atoms with E-state index in [-0.39, 0.29) is 12.0 Å². The molecule has 10 heavy (non-hydrogen) atoms. The van der Waals surface area contributed by atoms with Crippen molar-refractivity contribution in [3.05, 3.63) is 0 Å². The van der Waals surface area contributed by atoms with Crippen LogP contribution in [0, 0.1) is 0 Å². The van der Waals surface area contributed by atoms with Gasteiger partial charge in [-0.25, -0.2) is 4.79 Å². The molecule has 1 aliphatic rings. The summed E-state index contributed by atoms with van der Waals surface area (Å²) in [5.41, 5.74) is 0. The van der Waals surface area contributed by atoms with E-state index in [0.717, 1.165) is 12.8 Å². The van der Waals surface area contributed by atoms with Crippen LogP contribution in [0.3, 0.4) is 0 Å². The van der Waals surface area contributed by atoms with Crippen molar-refractivity contribution in [3.8, 4) is 0 Å². The molecule has 0 fully saturated rings. The molecule has 1 rings (SSSR count). The number of carbonyl (C=O) groups is 1. The van der Waals surface area contributed by atoms with Crippen molar-refractivity contribution < 1.29 is 9.53 Å². The van der Waals surface area contributed by atoms with Gasteiger partial charge in [0, 0.05) is 0 Å². The molecule has 0 radical (unpaired) electrons. The van der Waals surface area contributed by atoms with E-state index in [2.05, 4.69) is 4.99 Å². The van der Waals surface area contributed by atoms with Gasteiger partial charge >= 0.3 is 5.97 Å². The first kappa shape index (κ1) is 7.25. The Kier molecular flexibility index (Phi) is 2.42. The lowest BCUT2D eigenvalue weighted by Crippen LogP contribution is -2.18. The number of hydrogen-bond donors (Lipinski definition) is 0. The van der Waals surface area contributed by atoms with Crippen LogP contribution in [0.15, 0.2) is 4.99 Å². The van der Waals surface area contributed by atoms with Crippen LogP contribution >= 0.6 is 0 Å². The predicted octanol–water partition coefficient (Wildman–Crippen LogP) is 0.783. The Bertz CT molecular complexity index is 154. The fourth-order valence-electron chi connectivity index (χ4n) is 0.926. The maximum Gasteiger partial charge on any atom is 0.330 e. The molecule has 56 valence electrons. The summed E-state index contributed by atoms with van der Waals surface area (Å²) in [6.45, 7) is 2.25. The molecule has 0 aromatic carbocycles. The number of aliphatic imine (C=N–C) groups is 1. The average molecular weight is 141 g/mol. The zero-order valence-electron chi connectivity index (χ0n) is 6.04. The molecule has 1 atom stereocenters. The Morgan fingerprint density at radius 3 is 3.20 bits per heavy atom. The normalized spacial score (nSPS) is 23.1. The van der Waals surface area contributed by atoms with Crippen LogP contribution in [-0.2, 0) is 9.53 Å². The number of nitrogens with zero attached hydrogens (tertiary/aromatic N) is 1. The molecule has 0 bridgehead atoms. The van der Waals surface area contributed by atoms with Crippen molar-refractivity contribution in [1.29, 1.82) is 0 Å². The van der Waals surface area contributed by atoms with Crippen LogP contribution in [0.25, 0.3) is 0 Å². The fourth-order valence-corrected chi connectivity index (χ4v) is 0.926. The molecule has 0 N–H and O–H groups in total. The first-order valence-electron chi connectivity index (χ1n) is 3.53. The second-order valence-electron chi connectivity index (χ2n) is 2.18. The number of ether oxygens (including phenoxy) is 1. The van der Waals surface area contributed by atoms with Crippen LogP contribution in [0.1, 0.15) is 19.8 Å². The van der Waals surface area contributed by atoms with Crippen LogP contribution in [-0.4, -0.2) is 24.8 Å². The third-order valence-electron chi connectivity index (χ3n) is 1.41. The summed E-state index contributed by atoms with van der Waals surface area (Å²) in [6, 6.07) is -0.208. The maximum absolute atomic E-state index is 10.9. The molecule has 0 spiro atoms. The van der Waals surface area contributed by atoms with Gasteiger partial charge in [0.15, 0.2) is 0 Å². The lowest BCUT2D eigenvalue weighted by atomic mass is 10.2. The number of carbonyl (C=O) groups excluding carboxylic acids is 1. The van der Waals surface area contributed by atoms with Crippen molar-refractivity contribution in [2.75, 3.05) is 6.61 Å². The fraction of sp³-hybridized carbons (Fsp3) is 0.714. The Morgan fingerprint density at radius 2 is 2.70 bits per heavy atom. The van der Waals surface area contributed by atoms with Crippen molar-refractivity contribution in [3.63, 3.8) is 0 Å².